The summed E-state index contributed by atoms with van der Waals surface area (Å²) in [6.07, 6.45) is 6.61. The minimum Gasteiger partial charge on any atom is -0.383 e. The fourth-order valence-corrected chi connectivity index (χ4v) is 4.49. The summed E-state index contributed by atoms with van der Waals surface area (Å²) < 4.78 is 46.7. The first-order chi connectivity index (χ1) is 12.1. The number of carbonyl (C=O) groups excluding carboxylic acids is 1. The zero-order valence-corrected chi connectivity index (χ0v) is 16.3. The van der Waals surface area contributed by atoms with E-state index in [1.165, 1.54) is 18.6 Å². The maximum absolute atomic E-state index is 12.0. The van der Waals surface area contributed by atoms with Crippen molar-refractivity contribution in [1.82, 2.24) is 5.32 Å². The van der Waals surface area contributed by atoms with Crippen molar-refractivity contribution in [3.63, 3.8) is 0 Å². The van der Waals surface area contributed by atoms with Crippen molar-refractivity contribution < 1.29 is 21.6 Å². The van der Waals surface area contributed by atoms with Gasteiger partial charge in [0, 0.05) is 25.3 Å². The van der Waals surface area contributed by atoms with Gasteiger partial charge in [0.15, 0.2) is 9.84 Å². The molecular weight excluding hydrogens is 378 g/mol. The monoisotopic (exact) mass is 403 g/mol. The van der Waals surface area contributed by atoms with E-state index in [-0.39, 0.29) is 40.4 Å². The Morgan fingerprint density at radius 1 is 1.15 bits per heavy atom. The molecule has 146 valence electrons. The molecule has 1 aromatic rings. The van der Waals surface area contributed by atoms with Crippen LogP contribution in [0.2, 0.25) is 0 Å². The lowest BCUT2D eigenvalue weighted by molar-refractivity contribution is -0.121. The number of primary sulfonamides is 1. The molecule has 0 heterocycles. The van der Waals surface area contributed by atoms with Gasteiger partial charge in [-0.25, -0.2) is 22.0 Å². The molecule has 0 aromatic heterocycles. The van der Waals surface area contributed by atoms with Gasteiger partial charge in [0.1, 0.15) is 0 Å². The minimum atomic E-state index is -4.01. The number of nitrogens with two attached hydrogens (primary N) is 1. The molecule has 0 saturated heterocycles. The Morgan fingerprint density at radius 3 is 2.38 bits per heavy atom. The minimum absolute atomic E-state index is 0.0912. The zero-order chi connectivity index (χ0) is 19.4. The molecule has 1 aromatic carbocycles. The number of hydrogen-bond acceptors (Lipinski definition) is 6. The predicted octanol–water partition coefficient (Wildman–Crippen LogP) is 0.988. The SMILES string of the molecule is CS(=O)(=O)c1cc(S(N)(=O)=O)ccc1NCCC(=O)NC1CCCCC1. The van der Waals surface area contributed by atoms with E-state index in [1.807, 2.05) is 0 Å². The van der Waals surface area contributed by atoms with Gasteiger partial charge in [0.25, 0.3) is 0 Å². The van der Waals surface area contributed by atoms with E-state index in [4.69, 9.17) is 5.14 Å². The second kappa shape index (κ2) is 8.36. The van der Waals surface area contributed by atoms with Crippen molar-refractivity contribution in [3.05, 3.63) is 18.2 Å². The van der Waals surface area contributed by atoms with Gasteiger partial charge >= 0.3 is 0 Å². The number of benzene rings is 1. The van der Waals surface area contributed by atoms with Crippen LogP contribution >= 0.6 is 0 Å². The zero-order valence-electron chi connectivity index (χ0n) is 14.7. The average Bonchev–Trinajstić information content (AvgIpc) is 2.54. The molecule has 0 bridgehead atoms. The summed E-state index contributed by atoms with van der Waals surface area (Å²) in [6.45, 7) is 0.232. The highest BCUT2D eigenvalue weighted by Crippen LogP contribution is 2.24. The molecule has 0 spiro atoms. The van der Waals surface area contributed by atoms with Gasteiger partial charge in [-0.05, 0) is 31.0 Å². The Bertz CT molecular complexity index is 860. The topological polar surface area (TPSA) is 135 Å². The van der Waals surface area contributed by atoms with Crippen LogP contribution in [0, 0.1) is 0 Å². The second-order valence-electron chi connectivity index (χ2n) is 6.55. The molecule has 1 saturated carbocycles. The molecule has 8 nitrogen and oxygen atoms in total. The van der Waals surface area contributed by atoms with Crippen molar-refractivity contribution in [3.8, 4) is 0 Å². The summed E-state index contributed by atoms with van der Waals surface area (Å²) in [4.78, 5) is 11.6. The first-order valence-corrected chi connectivity index (χ1v) is 11.9. The largest absolute Gasteiger partial charge is 0.383 e. The van der Waals surface area contributed by atoms with E-state index in [2.05, 4.69) is 10.6 Å². The molecule has 0 radical (unpaired) electrons. The summed E-state index contributed by atoms with van der Waals surface area (Å²) >= 11 is 0. The number of sulfonamides is 1. The molecule has 0 aliphatic heterocycles. The molecule has 26 heavy (non-hydrogen) atoms. The lowest BCUT2D eigenvalue weighted by Gasteiger charge is -2.22. The number of sulfone groups is 1. The van der Waals surface area contributed by atoms with Crippen LogP contribution < -0.4 is 15.8 Å². The fraction of sp³-hybridized carbons (Fsp3) is 0.562. The fourth-order valence-electron chi connectivity index (χ4n) is 2.99. The molecule has 2 rings (SSSR count). The van der Waals surface area contributed by atoms with Gasteiger partial charge in [-0.1, -0.05) is 19.3 Å². The van der Waals surface area contributed by atoms with Crippen molar-refractivity contribution in [2.75, 3.05) is 18.1 Å². The Morgan fingerprint density at radius 2 is 1.81 bits per heavy atom. The third kappa shape index (κ3) is 5.96. The molecule has 1 fully saturated rings. The Labute approximate surface area is 154 Å². The van der Waals surface area contributed by atoms with E-state index < -0.39 is 19.9 Å². The van der Waals surface area contributed by atoms with Gasteiger partial charge in [-0.2, -0.15) is 0 Å². The average molecular weight is 404 g/mol. The van der Waals surface area contributed by atoms with Crippen LogP contribution in [-0.4, -0.2) is 41.6 Å². The maximum atomic E-state index is 12.0. The number of hydrogen-bond donors (Lipinski definition) is 3. The quantitative estimate of drug-likeness (QED) is 0.621. The third-order valence-electron chi connectivity index (χ3n) is 4.32. The van der Waals surface area contributed by atoms with E-state index in [9.17, 15) is 21.6 Å². The van der Waals surface area contributed by atoms with Gasteiger partial charge in [-0.3, -0.25) is 4.79 Å². The van der Waals surface area contributed by atoms with Gasteiger partial charge in [0.2, 0.25) is 15.9 Å². The van der Waals surface area contributed by atoms with Crippen LogP contribution in [-0.2, 0) is 24.7 Å². The Hall–Kier alpha value is -1.65. The van der Waals surface area contributed by atoms with Crippen molar-refractivity contribution >= 4 is 31.5 Å². The summed E-state index contributed by atoms with van der Waals surface area (Å²) in [6, 6.07) is 3.82. The number of amides is 1. The van der Waals surface area contributed by atoms with Crippen LogP contribution in [0.1, 0.15) is 38.5 Å². The van der Waals surface area contributed by atoms with E-state index in [0.717, 1.165) is 38.0 Å². The Balaban J connectivity index is 2.01. The third-order valence-corrected chi connectivity index (χ3v) is 6.37. The molecular formula is C16H25N3O5S2. The molecule has 0 unspecified atom stereocenters. The first-order valence-electron chi connectivity index (χ1n) is 8.47. The van der Waals surface area contributed by atoms with Crippen molar-refractivity contribution in [2.45, 2.75) is 54.4 Å². The highest BCUT2D eigenvalue weighted by atomic mass is 32.2. The highest BCUT2D eigenvalue weighted by molar-refractivity contribution is 7.91. The van der Waals surface area contributed by atoms with Crippen LogP contribution in [0.5, 0.6) is 0 Å². The second-order valence-corrected chi connectivity index (χ2v) is 10.1. The summed E-state index contributed by atoms with van der Waals surface area (Å²) in [7, 11) is -7.68. The number of rotatable bonds is 7. The predicted molar refractivity (Wildman–Crippen MR) is 99.0 cm³/mol. The van der Waals surface area contributed by atoms with Crippen LogP contribution in [0.3, 0.4) is 0 Å². The molecule has 1 aliphatic rings. The lowest BCUT2D eigenvalue weighted by Crippen LogP contribution is -2.36. The number of carbonyl (C=O) groups is 1. The normalized spacial score (nSPS) is 16.2. The van der Waals surface area contributed by atoms with E-state index >= 15 is 0 Å². The summed E-state index contributed by atoms with van der Waals surface area (Å²) in [5, 5.41) is 10.9. The maximum Gasteiger partial charge on any atom is 0.238 e. The number of nitrogens with one attached hydrogen (secondary N) is 2. The summed E-state index contributed by atoms with van der Waals surface area (Å²) in [5.41, 5.74) is 0.241. The summed E-state index contributed by atoms with van der Waals surface area (Å²) in [5.74, 6) is -0.0912. The molecule has 10 heteroatoms. The van der Waals surface area contributed by atoms with Gasteiger partial charge < -0.3 is 10.6 Å². The molecule has 0 atom stereocenters. The van der Waals surface area contributed by atoms with Crippen molar-refractivity contribution in [2.24, 2.45) is 5.14 Å². The van der Waals surface area contributed by atoms with Crippen LogP contribution in [0.25, 0.3) is 0 Å². The van der Waals surface area contributed by atoms with Crippen molar-refractivity contribution in [1.29, 1.82) is 0 Å². The molecule has 4 N–H and O–H groups in total. The standard InChI is InChI=1S/C16H25N3O5S2/c1-25(21,22)15-11-13(26(17,23)24)7-8-14(15)18-10-9-16(20)19-12-5-3-2-4-6-12/h7-8,11-12,18H,2-6,9-10H2,1H3,(H,19,20)(H2,17,23,24). The van der Waals surface area contributed by atoms with Gasteiger partial charge in [-0.15, -0.1) is 0 Å². The lowest BCUT2D eigenvalue weighted by atomic mass is 9.95. The van der Waals surface area contributed by atoms with E-state index in [1.54, 1.807) is 0 Å². The van der Waals surface area contributed by atoms with Gasteiger partial charge in [0.05, 0.1) is 15.5 Å². The van der Waals surface area contributed by atoms with Crippen LogP contribution in [0.4, 0.5) is 5.69 Å². The Kier molecular flexibility index (Phi) is 6.64. The number of anilines is 1. The smallest absolute Gasteiger partial charge is 0.238 e. The highest BCUT2D eigenvalue weighted by Gasteiger charge is 2.19. The molecule has 1 amide bonds. The van der Waals surface area contributed by atoms with E-state index in [0.29, 0.717) is 0 Å². The first kappa shape index (κ1) is 20.7. The van der Waals surface area contributed by atoms with Crippen LogP contribution in [0.15, 0.2) is 28.0 Å². The molecule has 1 aliphatic carbocycles.